The van der Waals surface area contributed by atoms with Gasteiger partial charge in [-0.25, -0.2) is 8.78 Å². The first-order valence-electron chi connectivity index (χ1n) is 14.8. The number of carbonyl (C=O) groups excluding carboxylic acids is 1. The molecule has 0 saturated carbocycles. The number of amidine groups is 1. The Kier molecular flexibility index (Phi) is 10.3. The van der Waals surface area contributed by atoms with Gasteiger partial charge in [-0.3, -0.25) is 10.2 Å². The van der Waals surface area contributed by atoms with Gasteiger partial charge >= 0.3 is 0 Å². The van der Waals surface area contributed by atoms with Crippen molar-refractivity contribution in [1.82, 2.24) is 5.32 Å². The van der Waals surface area contributed by atoms with Gasteiger partial charge in [-0.2, -0.15) is 0 Å². The number of ether oxygens (including phenoxy) is 1. The van der Waals surface area contributed by atoms with Crippen LogP contribution < -0.4 is 16.4 Å². The molecule has 0 aromatic heterocycles. The third-order valence-corrected chi connectivity index (χ3v) is 9.09. The van der Waals surface area contributed by atoms with Crippen molar-refractivity contribution in [3.05, 3.63) is 100 Å². The van der Waals surface area contributed by atoms with Crippen molar-refractivity contribution in [3.63, 3.8) is 0 Å². The van der Waals surface area contributed by atoms with E-state index in [0.29, 0.717) is 47.1 Å². The minimum atomic E-state index is -0.652. The zero-order chi connectivity index (χ0) is 30.3. The second-order valence-electron chi connectivity index (χ2n) is 11.4. The summed E-state index contributed by atoms with van der Waals surface area (Å²) >= 11 is 3.64. The number of nitrogen functional groups attached to an aromatic ring is 1. The molecule has 1 aliphatic heterocycles. The van der Waals surface area contributed by atoms with E-state index < -0.39 is 17.5 Å². The predicted octanol–water partition coefficient (Wildman–Crippen LogP) is 7.45. The Bertz CT molecular complexity index is 1500. The molecule has 1 amide bonds. The van der Waals surface area contributed by atoms with Crippen molar-refractivity contribution in [1.29, 1.82) is 5.41 Å². The number of hydrogen-bond acceptors (Lipinski definition) is 5. The molecule has 43 heavy (non-hydrogen) atoms. The summed E-state index contributed by atoms with van der Waals surface area (Å²) in [5.74, 6) is -1.22. The molecule has 1 atom stereocenters. The molecule has 226 valence electrons. The lowest BCUT2D eigenvalue weighted by Crippen LogP contribution is -2.33. The summed E-state index contributed by atoms with van der Waals surface area (Å²) in [5, 5.41) is 16.0. The average molecular weight is 652 g/mol. The Morgan fingerprint density at radius 2 is 1.72 bits per heavy atom. The van der Waals surface area contributed by atoms with Crippen LogP contribution in [0, 0.1) is 23.0 Å². The van der Waals surface area contributed by atoms with E-state index in [1.54, 1.807) is 18.2 Å². The molecule has 0 spiro atoms. The molecule has 6 nitrogen and oxygen atoms in total. The summed E-state index contributed by atoms with van der Waals surface area (Å²) in [6.07, 6.45) is 8.55. The van der Waals surface area contributed by atoms with Crippen LogP contribution in [0.5, 0.6) is 0 Å². The Hall–Kier alpha value is -3.56. The van der Waals surface area contributed by atoms with E-state index in [1.807, 2.05) is 12.1 Å². The van der Waals surface area contributed by atoms with Crippen LogP contribution in [-0.4, -0.2) is 36.3 Å². The van der Waals surface area contributed by atoms with Gasteiger partial charge in [0.2, 0.25) is 0 Å². The molecule has 0 radical (unpaired) electrons. The Morgan fingerprint density at radius 1 is 0.953 bits per heavy atom. The molecule has 9 heteroatoms. The van der Waals surface area contributed by atoms with Gasteiger partial charge < -0.3 is 21.1 Å². The average Bonchev–Trinajstić information content (AvgIpc) is 3.24. The maximum absolute atomic E-state index is 13.7. The van der Waals surface area contributed by atoms with Crippen LogP contribution in [0.25, 0.3) is 5.57 Å². The number of benzene rings is 3. The third-order valence-electron chi connectivity index (χ3n) is 8.18. The van der Waals surface area contributed by atoms with Gasteiger partial charge in [-0.1, -0.05) is 34.1 Å². The minimum absolute atomic E-state index is 0.150. The number of rotatable bonds is 8. The lowest BCUT2D eigenvalue weighted by Gasteiger charge is -2.26. The van der Waals surface area contributed by atoms with Gasteiger partial charge in [0.05, 0.1) is 5.56 Å². The molecule has 1 aliphatic carbocycles. The Balaban J connectivity index is 1.37. The molecule has 1 fully saturated rings. The van der Waals surface area contributed by atoms with Crippen molar-refractivity contribution < 1.29 is 18.3 Å². The van der Waals surface area contributed by atoms with Crippen molar-refractivity contribution in [2.24, 2.45) is 5.92 Å². The number of halogens is 3. The van der Waals surface area contributed by atoms with Crippen LogP contribution in [0.4, 0.5) is 20.2 Å². The van der Waals surface area contributed by atoms with Crippen LogP contribution >= 0.6 is 15.9 Å². The van der Waals surface area contributed by atoms with Crippen LogP contribution in [-0.2, 0) is 11.2 Å². The van der Waals surface area contributed by atoms with Gasteiger partial charge in [0, 0.05) is 47.6 Å². The van der Waals surface area contributed by atoms with E-state index in [2.05, 4.69) is 38.7 Å². The zero-order valence-electron chi connectivity index (χ0n) is 24.0. The summed E-state index contributed by atoms with van der Waals surface area (Å²) in [6.45, 7) is 1.33. The molecule has 3 aromatic rings. The molecule has 3 aromatic carbocycles. The summed E-state index contributed by atoms with van der Waals surface area (Å²) in [7, 11) is 0. The SMILES string of the molecule is N=C(NC(=O)c1ccc(C2=CCCC(CBr)CC2)cc1NC1CCOCC1)c1cc(Cc2cc(F)cc(F)c2)ccc1N. The van der Waals surface area contributed by atoms with Gasteiger partial charge in [-0.05, 0) is 110 Å². The number of amides is 1. The fourth-order valence-electron chi connectivity index (χ4n) is 5.77. The fraction of sp³-hybridized carbons (Fsp3) is 0.353. The van der Waals surface area contributed by atoms with E-state index in [4.69, 9.17) is 15.9 Å². The standard InChI is InChI=1S/C34H37BrF2N4O2/c35-20-21-2-1-3-24(6-4-21)25-7-8-29(32(18-25)40-28-10-12-43-13-11-28)34(42)41-33(39)30-17-22(5-9-31(30)38)14-23-15-26(36)19-27(37)16-23/h3,5,7-9,15-19,21,28,40H,1-2,4,6,10-14,20,38H2,(H2,39,41,42). The second kappa shape index (κ2) is 14.3. The van der Waals surface area contributed by atoms with Gasteiger partial charge in [0.25, 0.3) is 5.91 Å². The fourth-order valence-corrected chi connectivity index (χ4v) is 6.41. The van der Waals surface area contributed by atoms with Crippen molar-refractivity contribution in [2.75, 3.05) is 29.6 Å². The molecule has 0 bridgehead atoms. The number of nitrogens with two attached hydrogens (primary N) is 1. The van der Waals surface area contributed by atoms with Gasteiger partial charge in [-0.15, -0.1) is 0 Å². The minimum Gasteiger partial charge on any atom is -0.398 e. The zero-order valence-corrected chi connectivity index (χ0v) is 25.6. The van der Waals surface area contributed by atoms with E-state index in [-0.39, 0.29) is 18.3 Å². The quantitative estimate of drug-likeness (QED) is 0.0880. The number of alkyl halides is 1. The highest BCUT2D eigenvalue weighted by Gasteiger charge is 2.21. The van der Waals surface area contributed by atoms with Crippen LogP contribution in [0.1, 0.15) is 71.1 Å². The monoisotopic (exact) mass is 650 g/mol. The lowest BCUT2D eigenvalue weighted by atomic mass is 9.96. The first-order valence-corrected chi connectivity index (χ1v) is 15.9. The Morgan fingerprint density at radius 3 is 2.47 bits per heavy atom. The van der Waals surface area contributed by atoms with Crippen LogP contribution in [0.15, 0.2) is 60.7 Å². The normalized spacial score (nSPS) is 17.6. The number of allylic oxidation sites excluding steroid dienone is 2. The van der Waals surface area contributed by atoms with Gasteiger partial charge in [0.1, 0.15) is 17.5 Å². The smallest absolute Gasteiger partial charge is 0.258 e. The van der Waals surface area contributed by atoms with E-state index in [0.717, 1.165) is 61.2 Å². The molecular formula is C34H37BrF2N4O2. The van der Waals surface area contributed by atoms with Gasteiger partial charge in [0.15, 0.2) is 0 Å². The summed E-state index contributed by atoms with van der Waals surface area (Å²) in [6, 6.07) is 14.5. The van der Waals surface area contributed by atoms with Crippen LogP contribution in [0.2, 0.25) is 0 Å². The highest BCUT2D eigenvalue weighted by atomic mass is 79.9. The topological polar surface area (TPSA) is 100 Å². The molecular weight excluding hydrogens is 614 g/mol. The maximum Gasteiger partial charge on any atom is 0.258 e. The summed E-state index contributed by atoms with van der Waals surface area (Å²) in [4.78, 5) is 13.6. The van der Waals surface area contributed by atoms with Crippen molar-refractivity contribution in [3.8, 4) is 0 Å². The molecule has 1 heterocycles. The first kappa shape index (κ1) is 30.9. The first-order chi connectivity index (χ1) is 20.8. The molecule has 5 N–H and O–H groups in total. The number of carbonyl (C=O) groups is 1. The third kappa shape index (κ3) is 8.09. The highest BCUT2D eigenvalue weighted by Crippen LogP contribution is 2.33. The summed E-state index contributed by atoms with van der Waals surface area (Å²) in [5.41, 5.74) is 11.6. The predicted molar refractivity (Wildman–Crippen MR) is 172 cm³/mol. The largest absolute Gasteiger partial charge is 0.398 e. The molecule has 1 unspecified atom stereocenters. The van der Waals surface area contributed by atoms with E-state index in [9.17, 15) is 13.6 Å². The lowest BCUT2D eigenvalue weighted by molar-refractivity contribution is 0.0904. The number of hydrogen-bond donors (Lipinski definition) is 4. The van der Waals surface area contributed by atoms with Crippen molar-refractivity contribution >= 4 is 44.6 Å². The Labute approximate surface area is 259 Å². The van der Waals surface area contributed by atoms with E-state index >= 15 is 0 Å². The number of nitrogens with one attached hydrogen (secondary N) is 3. The van der Waals surface area contributed by atoms with Crippen LogP contribution in [0.3, 0.4) is 0 Å². The maximum atomic E-state index is 13.7. The van der Waals surface area contributed by atoms with Crippen molar-refractivity contribution in [2.45, 2.75) is 51.0 Å². The van der Waals surface area contributed by atoms with E-state index in [1.165, 1.54) is 17.7 Å². The highest BCUT2D eigenvalue weighted by molar-refractivity contribution is 9.09. The molecule has 1 saturated heterocycles. The number of anilines is 2. The summed E-state index contributed by atoms with van der Waals surface area (Å²) < 4.78 is 32.9. The molecule has 2 aliphatic rings. The molecule has 5 rings (SSSR count). The second-order valence-corrected chi connectivity index (χ2v) is 12.0.